The summed E-state index contributed by atoms with van der Waals surface area (Å²) in [4.78, 5) is 15.9. The van der Waals surface area contributed by atoms with E-state index < -0.39 is 5.91 Å². The van der Waals surface area contributed by atoms with Crippen LogP contribution in [-0.4, -0.2) is 10.9 Å². The molecule has 0 saturated carbocycles. The van der Waals surface area contributed by atoms with Gasteiger partial charge in [0.05, 0.1) is 26.7 Å². The number of nitrogens with one attached hydrogen (secondary N) is 1. The molecule has 0 aliphatic carbocycles. The SMILES string of the molecule is N#Cc1cccc(NC(=O)c2ncc(Cl)c(Cl)c2Cl)c1. The fourth-order valence-corrected chi connectivity index (χ4v) is 2.02. The van der Waals surface area contributed by atoms with E-state index in [1.807, 2.05) is 6.07 Å². The Labute approximate surface area is 129 Å². The van der Waals surface area contributed by atoms with Crippen LogP contribution in [0, 0.1) is 11.3 Å². The van der Waals surface area contributed by atoms with Gasteiger partial charge < -0.3 is 5.32 Å². The van der Waals surface area contributed by atoms with E-state index in [2.05, 4.69) is 10.3 Å². The molecule has 0 bridgehead atoms. The van der Waals surface area contributed by atoms with E-state index >= 15 is 0 Å². The minimum atomic E-state index is -0.538. The van der Waals surface area contributed by atoms with Crippen LogP contribution in [0.2, 0.25) is 15.1 Å². The average Bonchev–Trinajstić information content (AvgIpc) is 2.45. The maximum absolute atomic E-state index is 12.1. The number of halogens is 3. The van der Waals surface area contributed by atoms with Crippen molar-refractivity contribution in [1.82, 2.24) is 4.98 Å². The van der Waals surface area contributed by atoms with Gasteiger partial charge in [-0.3, -0.25) is 4.79 Å². The van der Waals surface area contributed by atoms with Crippen LogP contribution in [0.1, 0.15) is 16.1 Å². The van der Waals surface area contributed by atoms with Gasteiger partial charge in [-0.15, -0.1) is 0 Å². The van der Waals surface area contributed by atoms with Gasteiger partial charge in [-0.05, 0) is 18.2 Å². The minimum Gasteiger partial charge on any atom is -0.321 e. The molecular formula is C13H6Cl3N3O. The number of amides is 1. The van der Waals surface area contributed by atoms with Crippen LogP contribution < -0.4 is 5.32 Å². The maximum atomic E-state index is 12.1. The maximum Gasteiger partial charge on any atom is 0.275 e. The molecule has 1 amide bonds. The van der Waals surface area contributed by atoms with Gasteiger partial charge in [0.1, 0.15) is 5.69 Å². The second-order valence-electron chi connectivity index (χ2n) is 3.73. The van der Waals surface area contributed by atoms with Gasteiger partial charge >= 0.3 is 0 Å². The van der Waals surface area contributed by atoms with Gasteiger partial charge in [-0.2, -0.15) is 5.26 Å². The van der Waals surface area contributed by atoms with E-state index in [0.717, 1.165) is 0 Å². The Morgan fingerprint density at radius 3 is 2.70 bits per heavy atom. The highest BCUT2D eigenvalue weighted by Crippen LogP contribution is 2.31. The fourth-order valence-electron chi connectivity index (χ4n) is 1.46. The number of benzene rings is 1. The number of rotatable bonds is 2. The molecule has 1 aromatic carbocycles. The summed E-state index contributed by atoms with van der Waals surface area (Å²) < 4.78 is 0. The summed E-state index contributed by atoms with van der Waals surface area (Å²) in [6.07, 6.45) is 1.25. The first-order valence-electron chi connectivity index (χ1n) is 5.34. The monoisotopic (exact) mass is 325 g/mol. The molecule has 0 aliphatic heterocycles. The molecule has 2 aromatic rings. The molecule has 1 heterocycles. The Kier molecular flexibility index (Phi) is 4.46. The highest BCUT2D eigenvalue weighted by molar-refractivity contribution is 6.49. The topological polar surface area (TPSA) is 65.8 Å². The quantitative estimate of drug-likeness (QED) is 0.901. The van der Waals surface area contributed by atoms with Crippen molar-refractivity contribution in [3.05, 3.63) is 56.8 Å². The molecule has 2 rings (SSSR count). The van der Waals surface area contributed by atoms with Crippen LogP contribution >= 0.6 is 34.8 Å². The Hall–Kier alpha value is -1.80. The summed E-state index contributed by atoms with van der Waals surface area (Å²) >= 11 is 17.5. The van der Waals surface area contributed by atoms with Crippen molar-refractivity contribution in [1.29, 1.82) is 5.26 Å². The van der Waals surface area contributed by atoms with Gasteiger partial charge in [0.15, 0.2) is 0 Å². The van der Waals surface area contributed by atoms with Crippen molar-refractivity contribution in [2.24, 2.45) is 0 Å². The third-order valence-electron chi connectivity index (χ3n) is 2.38. The second kappa shape index (κ2) is 6.10. The first-order chi connectivity index (χ1) is 9.52. The lowest BCUT2D eigenvalue weighted by atomic mass is 10.2. The van der Waals surface area contributed by atoms with Crippen molar-refractivity contribution < 1.29 is 4.79 Å². The van der Waals surface area contributed by atoms with Gasteiger partial charge in [0.2, 0.25) is 0 Å². The summed E-state index contributed by atoms with van der Waals surface area (Å²) in [5.74, 6) is -0.538. The van der Waals surface area contributed by atoms with Crippen molar-refractivity contribution in [3.63, 3.8) is 0 Å². The predicted octanol–water partition coefficient (Wildman–Crippen LogP) is 4.17. The van der Waals surface area contributed by atoms with Crippen LogP contribution in [0.15, 0.2) is 30.5 Å². The molecule has 1 N–H and O–H groups in total. The van der Waals surface area contributed by atoms with E-state index in [1.165, 1.54) is 12.3 Å². The molecule has 0 aliphatic rings. The number of hydrogen-bond donors (Lipinski definition) is 1. The standard InChI is InChI=1S/C13H6Cl3N3O/c14-9-6-18-12(11(16)10(9)15)13(20)19-8-3-1-2-7(4-8)5-17/h1-4,6H,(H,19,20). The Bertz CT molecular complexity index is 725. The fraction of sp³-hybridized carbons (Fsp3) is 0. The summed E-state index contributed by atoms with van der Waals surface area (Å²) in [5, 5.41) is 11.6. The number of hydrogen-bond acceptors (Lipinski definition) is 3. The third-order valence-corrected chi connectivity index (χ3v) is 3.62. The number of nitriles is 1. The largest absolute Gasteiger partial charge is 0.321 e. The molecule has 0 radical (unpaired) electrons. The van der Waals surface area contributed by atoms with Crippen LogP contribution in [0.5, 0.6) is 0 Å². The molecule has 100 valence electrons. The minimum absolute atomic E-state index is 0.0203. The van der Waals surface area contributed by atoms with Crippen molar-refractivity contribution in [2.75, 3.05) is 5.32 Å². The number of nitrogens with zero attached hydrogens (tertiary/aromatic N) is 2. The highest BCUT2D eigenvalue weighted by Gasteiger charge is 2.17. The normalized spacial score (nSPS) is 9.90. The molecule has 20 heavy (non-hydrogen) atoms. The Balaban J connectivity index is 2.29. The van der Waals surface area contributed by atoms with Gasteiger partial charge in [-0.1, -0.05) is 40.9 Å². The summed E-state index contributed by atoms with van der Waals surface area (Å²) in [6.45, 7) is 0. The van der Waals surface area contributed by atoms with Crippen molar-refractivity contribution in [2.45, 2.75) is 0 Å². The van der Waals surface area contributed by atoms with Crippen LogP contribution in [0.4, 0.5) is 5.69 Å². The van der Waals surface area contributed by atoms with E-state index in [-0.39, 0.29) is 20.8 Å². The molecule has 4 nitrogen and oxygen atoms in total. The van der Waals surface area contributed by atoms with E-state index in [9.17, 15) is 4.79 Å². The second-order valence-corrected chi connectivity index (χ2v) is 4.89. The first kappa shape index (κ1) is 14.6. The van der Waals surface area contributed by atoms with Gasteiger partial charge in [0, 0.05) is 11.9 Å². The lowest BCUT2D eigenvalue weighted by Gasteiger charge is -2.07. The molecule has 0 spiro atoms. The predicted molar refractivity (Wildman–Crippen MR) is 78.4 cm³/mol. The summed E-state index contributed by atoms with van der Waals surface area (Å²) in [5.41, 5.74) is 0.845. The number of carbonyl (C=O) groups excluding carboxylic acids is 1. The molecule has 7 heteroatoms. The molecule has 0 atom stereocenters. The molecule has 0 saturated heterocycles. The first-order valence-corrected chi connectivity index (χ1v) is 6.47. The van der Waals surface area contributed by atoms with Crippen molar-refractivity contribution in [3.8, 4) is 6.07 Å². The zero-order valence-corrected chi connectivity index (χ0v) is 12.1. The lowest BCUT2D eigenvalue weighted by molar-refractivity contribution is 0.102. The zero-order valence-electron chi connectivity index (χ0n) is 9.82. The zero-order chi connectivity index (χ0) is 14.7. The third kappa shape index (κ3) is 3.02. The van der Waals surface area contributed by atoms with Crippen LogP contribution in [0.3, 0.4) is 0 Å². The number of anilines is 1. The smallest absolute Gasteiger partial charge is 0.275 e. The van der Waals surface area contributed by atoms with Gasteiger partial charge in [-0.25, -0.2) is 4.98 Å². The number of pyridine rings is 1. The Morgan fingerprint density at radius 2 is 2.00 bits per heavy atom. The van der Waals surface area contributed by atoms with Crippen LogP contribution in [0.25, 0.3) is 0 Å². The van der Waals surface area contributed by atoms with E-state index in [4.69, 9.17) is 40.1 Å². The lowest BCUT2D eigenvalue weighted by Crippen LogP contribution is -2.14. The van der Waals surface area contributed by atoms with Gasteiger partial charge in [0.25, 0.3) is 5.91 Å². The summed E-state index contributed by atoms with van der Waals surface area (Å²) in [6, 6.07) is 8.43. The molecule has 1 aromatic heterocycles. The Morgan fingerprint density at radius 1 is 1.25 bits per heavy atom. The molecule has 0 unspecified atom stereocenters. The highest BCUT2D eigenvalue weighted by atomic mass is 35.5. The van der Waals surface area contributed by atoms with E-state index in [1.54, 1.807) is 18.2 Å². The molecule has 0 fully saturated rings. The molecular weight excluding hydrogens is 321 g/mol. The van der Waals surface area contributed by atoms with Crippen LogP contribution in [-0.2, 0) is 0 Å². The average molecular weight is 327 g/mol. The number of aromatic nitrogens is 1. The summed E-state index contributed by atoms with van der Waals surface area (Å²) in [7, 11) is 0. The number of carbonyl (C=O) groups is 1. The van der Waals surface area contributed by atoms with Crippen molar-refractivity contribution >= 4 is 46.4 Å². The van der Waals surface area contributed by atoms with E-state index in [0.29, 0.717) is 11.3 Å².